The highest BCUT2D eigenvalue weighted by Crippen LogP contribution is 2.30. The smallest absolute Gasteiger partial charge is 0.261 e. The van der Waals surface area contributed by atoms with Crippen LogP contribution in [0.15, 0.2) is 11.2 Å². The molecule has 108 valence electrons. The van der Waals surface area contributed by atoms with E-state index in [0.717, 1.165) is 12.8 Å². The van der Waals surface area contributed by atoms with E-state index < -0.39 is 10.0 Å². The lowest BCUT2D eigenvalue weighted by Gasteiger charge is -2.36. The van der Waals surface area contributed by atoms with Gasteiger partial charge in [-0.1, -0.05) is 11.6 Å². The minimum atomic E-state index is -3.63. The van der Waals surface area contributed by atoms with Gasteiger partial charge in [0.25, 0.3) is 10.0 Å². The molecule has 2 heterocycles. The molecule has 1 fully saturated rings. The fourth-order valence-electron chi connectivity index (χ4n) is 2.47. The summed E-state index contributed by atoms with van der Waals surface area (Å²) in [5.74, 6) is 0.206. The first-order chi connectivity index (χ1) is 8.87. The van der Waals surface area contributed by atoms with Crippen LogP contribution < -0.4 is 5.73 Å². The maximum absolute atomic E-state index is 12.7. The third-order valence-corrected chi connectivity index (χ3v) is 6.14. The summed E-state index contributed by atoms with van der Waals surface area (Å²) < 4.78 is 28.2. The monoisotopic (exact) mass is 306 g/mol. The zero-order valence-electron chi connectivity index (χ0n) is 11.1. The van der Waals surface area contributed by atoms with Crippen LogP contribution in [0.25, 0.3) is 0 Å². The minimum Gasteiger partial charge on any atom is -0.330 e. The van der Waals surface area contributed by atoms with Gasteiger partial charge in [0, 0.05) is 19.6 Å². The van der Waals surface area contributed by atoms with Crippen molar-refractivity contribution < 1.29 is 8.42 Å². The fourth-order valence-corrected chi connectivity index (χ4v) is 4.82. The second-order valence-electron chi connectivity index (χ2n) is 5.02. The number of piperidine rings is 1. The SMILES string of the molecule is CC1CCC(CN)CN1S(=O)(=O)c1c(Cl)cnn1C. The Bertz CT molecular complexity index is 538. The third kappa shape index (κ3) is 2.65. The average molecular weight is 307 g/mol. The number of aromatic nitrogens is 2. The van der Waals surface area contributed by atoms with Gasteiger partial charge in [-0.2, -0.15) is 9.40 Å². The molecule has 1 saturated heterocycles. The Kier molecular flexibility index (Phi) is 4.20. The zero-order chi connectivity index (χ0) is 14.2. The molecular formula is C11H19ClN4O2S. The molecule has 0 amide bonds. The molecule has 1 aliphatic rings. The van der Waals surface area contributed by atoms with Crippen molar-refractivity contribution >= 4 is 21.6 Å². The van der Waals surface area contributed by atoms with Gasteiger partial charge in [0.2, 0.25) is 0 Å². The van der Waals surface area contributed by atoms with Gasteiger partial charge in [-0.15, -0.1) is 0 Å². The number of halogens is 1. The van der Waals surface area contributed by atoms with E-state index in [0.29, 0.717) is 13.1 Å². The summed E-state index contributed by atoms with van der Waals surface area (Å²) in [6, 6.07) is -0.0428. The molecule has 2 N–H and O–H groups in total. The van der Waals surface area contributed by atoms with Gasteiger partial charge < -0.3 is 5.73 Å². The molecule has 1 aliphatic heterocycles. The topological polar surface area (TPSA) is 81.2 Å². The van der Waals surface area contributed by atoms with Crippen molar-refractivity contribution in [1.82, 2.24) is 14.1 Å². The lowest BCUT2D eigenvalue weighted by molar-refractivity contribution is 0.210. The van der Waals surface area contributed by atoms with E-state index >= 15 is 0 Å². The molecule has 2 atom stereocenters. The molecular weight excluding hydrogens is 288 g/mol. The van der Waals surface area contributed by atoms with Crippen LogP contribution in [0.2, 0.25) is 5.02 Å². The number of rotatable bonds is 3. The van der Waals surface area contributed by atoms with Crippen LogP contribution in [0.5, 0.6) is 0 Å². The molecule has 0 saturated carbocycles. The van der Waals surface area contributed by atoms with E-state index in [2.05, 4.69) is 5.10 Å². The van der Waals surface area contributed by atoms with Gasteiger partial charge in [-0.25, -0.2) is 8.42 Å². The molecule has 0 bridgehead atoms. The van der Waals surface area contributed by atoms with Crippen LogP contribution in [0.1, 0.15) is 19.8 Å². The number of hydrogen-bond acceptors (Lipinski definition) is 4. The minimum absolute atomic E-state index is 0.0428. The molecule has 2 rings (SSSR count). The predicted octanol–water partition coefficient (Wildman–Crippen LogP) is 0.821. The molecule has 1 aromatic heterocycles. The highest BCUT2D eigenvalue weighted by atomic mass is 35.5. The Morgan fingerprint density at radius 3 is 2.74 bits per heavy atom. The highest BCUT2D eigenvalue weighted by molar-refractivity contribution is 7.89. The van der Waals surface area contributed by atoms with Gasteiger partial charge in [0.15, 0.2) is 5.03 Å². The fraction of sp³-hybridized carbons (Fsp3) is 0.727. The van der Waals surface area contributed by atoms with Crippen molar-refractivity contribution in [3.63, 3.8) is 0 Å². The molecule has 0 radical (unpaired) electrons. The average Bonchev–Trinajstić information content (AvgIpc) is 2.70. The van der Waals surface area contributed by atoms with Crippen LogP contribution in [0.3, 0.4) is 0 Å². The van der Waals surface area contributed by atoms with Crippen molar-refractivity contribution in [2.24, 2.45) is 18.7 Å². The summed E-state index contributed by atoms with van der Waals surface area (Å²) in [4.78, 5) is 0. The Labute approximate surface area is 118 Å². The number of hydrogen-bond donors (Lipinski definition) is 1. The third-order valence-electron chi connectivity index (χ3n) is 3.65. The second-order valence-corrected chi connectivity index (χ2v) is 7.24. The summed E-state index contributed by atoms with van der Waals surface area (Å²) in [5, 5.41) is 4.11. The standard InChI is InChI=1S/C11H19ClN4O2S/c1-8-3-4-9(5-13)7-16(8)19(17,18)11-10(12)6-14-15(11)2/h6,8-9H,3-5,7,13H2,1-2H3. The summed E-state index contributed by atoms with van der Waals surface area (Å²) in [5.41, 5.74) is 5.67. The summed E-state index contributed by atoms with van der Waals surface area (Å²) in [6.45, 7) is 2.86. The number of nitrogens with zero attached hydrogens (tertiary/aromatic N) is 3. The van der Waals surface area contributed by atoms with Crippen LogP contribution >= 0.6 is 11.6 Å². The molecule has 0 aliphatic carbocycles. The van der Waals surface area contributed by atoms with Crippen LogP contribution in [0.4, 0.5) is 0 Å². The lowest BCUT2D eigenvalue weighted by atomic mass is 9.96. The van der Waals surface area contributed by atoms with E-state index in [9.17, 15) is 8.42 Å². The second kappa shape index (κ2) is 5.40. The maximum atomic E-state index is 12.7. The highest BCUT2D eigenvalue weighted by Gasteiger charge is 2.37. The summed E-state index contributed by atoms with van der Waals surface area (Å²) in [6.07, 6.45) is 3.13. The normalized spacial score (nSPS) is 25.7. The van der Waals surface area contributed by atoms with Crippen molar-refractivity contribution in [3.8, 4) is 0 Å². The Balaban J connectivity index is 2.38. The van der Waals surface area contributed by atoms with Gasteiger partial charge in [-0.3, -0.25) is 4.68 Å². The molecule has 8 heteroatoms. The zero-order valence-corrected chi connectivity index (χ0v) is 12.7. The molecule has 0 spiro atoms. The van der Waals surface area contributed by atoms with Crippen LogP contribution in [-0.2, 0) is 17.1 Å². The first-order valence-corrected chi connectivity index (χ1v) is 8.09. The Hall–Kier alpha value is -0.630. The van der Waals surface area contributed by atoms with Crippen molar-refractivity contribution in [3.05, 3.63) is 11.2 Å². The largest absolute Gasteiger partial charge is 0.330 e. The summed E-state index contributed by atoms with van der Waals surface area (Å²) in [7, 11) is -2.05. The number of sulfonamides is 1. The quantitative estimate of drug-likeness (QED) is 0.896. The molecule has 0 aromatic carbocycles. The lowest BCUT2D eigenvalue weighted by Crippen LogP contribution is -2.47. The molecule has 6 nitrogen and oxygen atoms in total. The number of aryl methyl sites for hydroxylation is 1. The van der Waals surface area contributed by atoms with Gasteiger partial charge in [0.05, 0.1) is 11.2 Å². The molecule has 19 heavy (non-hydrogen) atoms. The van der Waals surface area contributed by atoms with E-state index in [1.54, 1.807) is 7.05 Å². The first-order valence-electron chi connectivity index (χ1n) is 6.27. The van der Waals surface area contributed by atoms with E-state index in [1.807, 2.05) is 6.92 Å². The van der Waals surface area contributed by atoms with E-state index in [1.165, 1.54) is 15.2 Å². The van der Waals surface area contributed by atoms with Crippen LogP contribution in [0, 0.1) is 5.92 Å². The van der Waals surface area contributed by atoms with Gasteiger partial charge >= 0.3 is 0 Å². The van der Waals surface area contributed by atoms with Gasteiger partial charge in [-0.05, 0) is 32.2 Å². The predicted molar refractivity (Wildman–Crippen MR) is 73.4 cm³/mol. The van der Waals surface area contributed by atoms with E-state index in [4.69, 9.17) is 17.3 Å². The molecule has 2 unspecified atom stereocenters. The summed E-state index contributed by atoms with van der Waals surface area (Å²) >= 11 is 5.95. The van der Waals surface area contributed by atoms with E-state index in [-0.39, 0.29) is 22.0 Å². The van der Waals surface area contributed by atoms with Gasteiger partial charge in [0.1, 0.15) is 0 Å². The van der Waals surface area contributed by atoms with Crippen LogP contribution in [-0.4, -0.2) is 41.6 Å². The number of nitrogens with two attached hydrogens (primary N) is 1. The Morgan fingerprint density at radius 1 is 1.53 bits per heavy atom. The van der Waals surface area contributed by atoms with Crippen molar-refractivity contribution in [1.29, 1.82) is 0 Å². The van der Waals surface area contributed by atoms with Crippen molar-refractivity contribution in [2.75, 3.05) is 13.1 Å². The van der Waals surface area contributed by atoms with Crippen molar-refractivity contribution in [2.45, 2.75) is 30.8 Å². The molecule has 1 aromatic rings. The Morgan fingerprint density at radius 2 is 2.21 bits per heavy atom. The maximum Gasteiger partial charge on any atom is 0.261 e. The first kappa shape index (κ1) is 14.8.